The van der Waals surface area contributed by atoms with Gasteiger partial charge in [0.15, 0.2) is 6.61 Å². The Labute approximate surface area is 109 Å². The second-order valence-corrected chi connectivity index (χ2v) is 4.44. The van der Waals surface area contributed by atoms with Crippen LogP contribution in [0.15, 0.2) is 24.3 Å². The minimum atomic E-state index is -4.32. The molecule has 0 bridgehead atoms. The summed E-state index contributed by atoms with van der Waals surface area (Å²) in [5, 5.41) is 3.23. The van der Waals surface area contributed by atoms with Gasteiger partial charge in [0.25, 0.3) is 0 Å². The summed E-state index contributed by atoms with van der Waals surface area (Å²) in [6, 6.07) is 6.24. The highest BCUT2D eigenvalue weighted by Gasteiger charge is 2.28. The van der Waals surface area contributed by atoms with E-state index in [9.17, 15) is 13.2 Å². The van der Waals surface area contributed by atoms with Crippen molar-refractivity contribution in [2.45, 2.75) is 25.1 Å². The van der Waals surface area contributed by atoms with Crippen LogP contribution in [0, 0.1) is 0 Å². The maximum atomic E-state index is 12.0. The highest BCUT2D eigenvalue weighted by molar-refractivity contribution is 5.31. The van der Waals surface area contributed by atoms with Crippen LogP contribution in [0.4, 0.5) is 13.2 Å². The largest absolute Gasteiger partial charge is 0.490 e. The van der Waals surface area contributed by atoms with Crippen molar-refractivity contribution in [3.8, 4) is 11.5 Å². The number of hydrogen-bond donors (Lipinski definition) is 1. The lowest BCUT2D eigenvalue weighted by Crippen LogP contribution is -2.34. The van der Waals surface area contributed by atoms with Gasteiger partial charge in [-0.15, -0.1) is 0 Å². The second-order valence-electron chi connectivity index (χ2n) is 4.44. The average Bonchev–Trinajstić information content (AvgIpc) is 2.38. The number of ether oxygens (including phenoxy) is 2. The minimum absolute atomic E-state index is 0.170. The normalized spacial score (nSPS) is 17.2. The molecule has 1 aliphatic heterocycles. The van der Waals surface area contributed by atoms with Gasteiger partial charge in [0.05, 0.1) is 0 Å². The molecule has 0 radical (unpaired) electrons. The van der Waals surface area contributed by atoms with Gasteiger partial charge in [-0.25, -0.2) is 0 Å². The molecule has 6 heteroatoms. The lowest BCUT2D eigenvalue weighted by atomic mass is 10.1. The molecule has 0 atom stereocenters. The van der Waals surface area contributed by atoms with Gasteiger partial charge < -0.3 is 14.8 Å². The molecule has 1 saturated heterocycles. The molecule has 0 spiro atoms. The molecule has 1 heterocycles. The van der Waals surface area contributed by atoms with E-state index in [0.717, 1.165) is 25.9 Å². The number of halogens is 3. The monoisotopic (exact) mass is 275 g/mol. The molecule has 0 aromatic heterocycles. The Hall–Kier alpha value is -1.43. The van der Waals surface area contributed by atoms with Crippen molar-refractivity contribution in [3.05, 3.63) is 24.3 Å². The Balaban J connectivity index is 1.83. The van der Waals surface area contributed by atoms with Crippen molar-refractivity contribution in [3.63, 3.8) is 0 Å². The van der Waals surface area contributed by atoms with Gasteiger partial charge in [-0.2, -0.15) is 13.2 Å². The number of piperidine rings is 1. The molecule has 1 N–H and O–H groups in total. The van der Waals surface area contributed by atoms with E-state index >= 15 is 0 Å². The van der Waals surface area contributed by atoms with Crippen LogP contribution < -0.4 is 14.8 Å². The predicted molar refractivity (Wildman–Crippen MR) is 64.5 cm³/mol. The molecule has 0 saturated carbocycles. The van der Waals surface area contributed by atoms with Gasteiger partial charge in [-0.1, -0.05) is 0 Å². The molecule has 0 aliphatic carbocycles. The molecule has 1 aromatic carbocycles. The molecule has 1 fully saturated rings. The Kier molecular flexibility index (Phi) is 4.52. The van der Waals surface area contributed by atoms with Crippen LogP contribution >= 0.6 is 0 Å². The van der Waals surface area contributed by atoms with E-state index < -0.39 is 12.8 Å². The fourth-order valence-corrected chi connectivity index (χ4v) is 1.89. The van der Waals surface area contributed by atoms with Crippen LogP contribution in [0.2, 0.25) is 0 Å². The smallest absolute Gasteiger partial charge is 0.422 e. The summed E-state index contributed by atoms with van der Waals surface area (Å²) in [5.41, 5.74) is 0. The lowest BCUT2D eigenvalue weighted by molar-refractivity contribution is -0.153. The lowest BCUT2D eigenvalue weighted by Gasteiger charge is -2.23. The fraction of sp³-hybridized carbons (Fsp3) is 0.538. The number of rotatable bonds is 4. The van der Waals surface area contributed by atoms with Crippen molar-refractivity contribution in [2.24, 2.45) is 0 Å². The zero-order valence-corrected chi connectivity index (χ0v) is 10.4. The third-order valence-electron chi connectivity index (χ3n) is 2.82. The van der Waals surface area contributed by atoms with E-state index in [1.165, 1.54) is 12.1 Å². The first kappa shape index (κ1) is 14.0. The van der Waals surface area contributed by atoms with E-state index in [1.807, 2.05) is 0 Å². The van der Waals surface area contributed by atoms with Crippen LogP contribution in [0.5, 0.6) is 11.5 Å². The standard InChI is InChI=1S/C13H16F3NO2/c14-13(15,16)9-18-10-1-3-11(4-2-10)19-12-5-7-17-8-6-12/h1-4,12,17H,5-9H2. The summed E-state index contributed by atoms with van der Waals surface area (Å²) < 4.78 is 46.3. The van der Waals surface area contributed by atoms with E-state index in [-0.39, 0.29) is 11.9 Å². The van der Waals surface area contributed by atoms with E-state index in [1.54, 1.807) is 12.1 Å². The highest BCUT2D eigenvalue weighted by atomic mass is 19.4. The summed E-state index contributed by atoms with van der Waals surface area (Å²) in [7, 11) is 0. The van der Waals surface area contributed by atoms with Gasteiger partial charge >= 0.3 is 6.18 Å². The second kappa shape index (κ2) is 6.14. The molecule has 1 aromatic rings. The van der Waals surface area contributed by atoms with Crippen LogP contribution in [0.1, 0.15) is 12.8 Å². The molecular weight excluding hydrogens is 259 g/mol. The fourth-order valence-electron chi connectivity index (χ4n) is 1.89. The van der Waals surface area contributed by atoms with Gasteiger partial charge in [0.1, 0.15) is 17.6 Å². The Morgan fingerprint density at radius 1 is 1.05 bits per heavy atom. The Morgan fingerprint density at radius 2 is 1.63 bits per heavy atom. The molecule has 2 rings (SSSR count). The van der Waals surface area contributed by atoms with Gasteiger partial charge in [-0.05, 0) is 50.2 Å². The average molecular weight is 275 g/mol. The van der Waals surface area contributed by atoms with Crippen molar-refractivity contribution in [1.82, 2.24) is 5.32 Å². The van der Waals surface area contributed by atoms with Gasteiger partial charge in [-0.3, -0.25) is 0 Å². The number of nitrogens with one attached hydrogen (secondary N) is 1. The maximum Gasteiger partial charge on any atom is 0.422 e. The number of benzene rings is 1. The predicted octanol–water partition coefficient (Wildman–Crippen LogP) is 2.76. The Morgan fingerprint density at radius 3 is 2.21 bits per heavy atom. The zero-order valence-electron chi connectivity index (χ0n) is 10.4. The highest BCUT2D eigenvalue weighted by Crippen LogP contribution is 2.22. The summed E-state index contributed by atoms with van der Waals surface area (Å²) in [5.74, 6) is 0.848. The topological polar surface area (TPSA) is 30.5 Å². The molecular formula is C13H16F3NO2. The molecule has 3 nitrogen and oxygen atoms in total. The maximum absolute atomic E-state index is 12.0. The van der Waals surface area contributed by atoms with Crippen LogP contribution in [0.25, 0.3) is 0 Å². The quantitative estimate of drug-likeness (QED) is 0.916. The first-order valence-corrected chi connectivity index (χ1v) is 6.20. The van der Waals surface area contributed by atoms with Crippen molar-refractivity contribution in [1.29, 1.82) is 0 Å². The molecule has 1 aliphatic rings. The first-order chi connectivity index (χ1) is 9.03. The zero-order chi connectivity index (χ0) is 13.7. The molecule has 0 unspecified atom stereocenters. The van der Waals surface area contributed by atoms with Crippen molar-refractivity contribution >= 4 is 0 Å². The summed E-state index contributed by atoms with van der Waals surface area (Å²) in [6.45, 7) is 0.580. The third kappa shape index (κ3) is 4.98. The molecule has 19 heavy (non-hydrogen) atoms. The summed E-state index contributed by atoms with van der Waals surface area (Å²) in [6.07, 6.45) is -2.27. The van der Waals surface area contributed by atoms with Crippen LogP contribution in [0.3, 0.4) is 0 Å². The van der Waals surface area contributed by atoms with Crippen LogP contribution in [-0.2, 0) is 0 Å². The summed E-state index contributed by atoms with van der Waals surface area (Å²) in [4.78, 5) is 0. The number of hydrogen-bond acceptors (Lipinski definition) is 3. The number of alkyl halides is 3. The van der Waals surface area contributed by atoms with E-state index in [4.69, 9.17) is 4.74 Å². The van der Waals surface area contributed by atoms with E-state index in [2.05, 4.69) is 10.1 Å². The minimum Gasteiger partial charge on any atom is -0.490 e. The molecule has 106 valence electrons. The van der Waals surface area contributed by atoms with Crippen molar-refractivity contribution < 1.29 is 22.6 Å². The van der Waals surface area contributed by atoms with Crippen molar-refractivity contribution in [2.75, 3.05) is 19.7 Å². The van der Waals surface area contributed by atoms with Gasteiger partial charge in [0, 0.05) is 0 Å². The SMILES string of the molecule is FC(F)(F)COc1ccc(OC2CCNCC2)cc1. The van der Waals surface area contributed by atoms with Gasteiger partial charge in [0.2, 0.25) is 0 Å². The van der Waals surface area contributed by atoms with E-state index in [0.29, 0.717) is 5.75 Å². The Bertz CT molecular complexity index is 386. The molecule has 0 amide bonds. The van der Waals surface area contributed by atoms with Crippen LogP contribution in [-0.4, -0.2) is 32.0 Å². The third-order valence-corrected chi connectivity index (χ3v) is 2.82. The summed E-state index contributed by atoms with van der Waals surface area (Å²) >= 11 is 0. The first-order valence-electron chi connectivity index (χ1n) is 6.20.